The highest BCUT2D eigenvalue weighted by Gasteiger charge is 2.28. The summed E-state index contributed by atoms with van der Waals surface area (Å²) in [6, 6.07) is 6.41. The van der Waals surface area contributed by atoms with Crippen LogP contribution in [-0.2, 0) is 0 Å². The summed E-state index contributed by atoms with van der Waals surface area (Å²) in [5.74, 6) is 0.555. The Morgan fingerprint density at radius 3 is 2.59 bits per heavy atom. The van der Waals surface area contributed by atoms with Gasteiger partial charge in [-0.1, -0.05) is 12.1 Å². The smallest absolute Gasteiger partial charge is 0.184 e. The number of hydrogen-bond donors (Lipinski definition) is 2. The van der Waals surface area contributed by atoms with E-state index in [1.165, 1.54) is 29.5 Å². The molecule has 1 aromatic carbocycles. The second kappa shape index (κ2) is 4.84. The van der Waals surface area contributed by atoms with E-state index < -0.39 is 0 Å². The van der Waals surface area contributed by atoms with Crippen molar-refractivity contribution < 1.29 is 0 Å². The van der Waals surface area contributed by atoms with Crippen molar-refractivity contribution >= 4 is 23.0 Å². The van der Waals surface area contributed by atoms with E-state index in [0.29, 0.717) is 5.92 Å². The van der Waals surface area contributed by atoms with Gasteiger partial charge in [-0.15, -0.1) is 0 Å². The molecule has 1 aromatic rings. The fourth-order valence-corrected chi connectivity index (χ4v) is 1.81. The summed E-state index contributed by atoms with van der Waals surface area (Å²) in [6.45, 7) is 4.23. The van der Waals surface area contributed by atoms with Gasteiger partial charge in [-0.3, -0.25) is 5.43 Å². The fraction of sp³-hybridized carbons (Fsp3) is 0.385. The minimum Gasteiger partial charge on any atom is -0.375 e. The summed E-state index contributed by atoms with van der Waals surface area (Å²) in [5, 5.41) is 4.54. The number of benzene rings is 1. The summed E-state index contributed by atoms with van der Waals surface area (Å²) in [6.07, 6.45) is 2.40. The normalized spacial score (nSPS) is 15.8. The first-order valence-corrected chi connectivity index (χ1v) is 6.19. The van der Waals surface area contributed by atoms with Crippen molar-refractivity contribution in [3.63, 3.8) is 0 Å². The van der Waals surface area contributed by atoms with Crippen LogP contribution in [0.5, 0.6) is 0 Å². The van der Waals surface area contributed by atoms with E-state index in [0.717, 1.165) is 5.71 Å². The van der Waals surface area contributed by atoms with E-state index in [-0.39, 0.29) is 5.11 Å². The first-order chi connectivity index (χ1) is 8.08. The zero-order chi connectivity index (χ0) is 12.4. The van der Waals surface area contributed by atoms with Gasteiger partial charge >= 0.3 is 0 Å². The highest BCUT2D eigenvalue weighted by Crippen LogP contribution is 2.33. The number of aryl methyl sites for hydroxylation is 2. The average molecular weight is 247 g/mol. The van der Waals surface area contributed by atoms with Gasteiger partial charge in [0.1, 0.15) is 0 Å². The Morgan fingerprint density at radius 1 is 1.35 bits per heavy atom. The molecule has 90 valence electrons. The molecule has 0 aliphatic heterocycles. The molecule has 1 saturated carbocycles. The fourth-order valence-electron chi connectivity index (χ4n) is 1.76. The lowest BCUT2D eigenvalue weighted by Crippen LogP contribution is -2.26. The Morgan fingerprint density at radius 2 is 2.06 bits per heavy atom. The van der Waals surface area contributed by atoms with Gasteiger partial charge in [-0.2, -0.15) is 5.10 Å². The van der Waals surface area contributed by atoms with Crippen molar-refractivity contribution in [2.24, 2.45) is 16.8 Å². The summed E-state index contributed by atoms with van der Waals surface area (Å²) in [5.41, 5.74) is 12.9. The molecule has 0 saturated heterocycles. The predicted octanol–water partition coefficient (Wildman–Crippen LogP) is 2.25. The van der Waals surface area contributed by atoms with Crippen LogP contribution in [0.3, 0.4) is 0 Å². The molecular weight excluding hydrogens is 230 g/mol. The molecule has 1 fully saturated rings. The lowest BCUT2D eigenvalue weighted by Gasteiger charge is -2.08. The minimum atomic E-state index is 0.215. The zero-order valence-corrected chi connectivity index (χ0v) is 11.0. The molecule has 0 amide bonds. The van der Waals surface area contributed by atoms with Crippen molar-refractivity contribution in [1.29, 1.82) is 0 Å². The molecular formula is C13H17N3S. The van der Waals surface area contributed by atoms with Gasteiger partial charge in [-0.05, 0) is 61.7 Å². The van der Waals surface area contributed by atoms with Crippen molar-refractivity contribution in [2.45, 2.75) is 26.7 Å². The van der Waals surface area contributed by atoms with Gasteiger partial charge in [0.25, 0.3) is 0 Å². The molecule has 3 nitrogen and oxygen atoms in total. The summed E-state index contributed by atoms with van der Waals surface area (Å²) < 4.78 is 0. The summed E-state index contributed by atoms with van der Waals surface area (Å²) in [4.78, 5) is 0. The summed E-state index contributed by atoms with van der Waals surface area (Å²) in [7, 11) is 0. The van der Waals surface area contributed by atoms with Crippen LogP contribution in [0.25, 0.3) is 0 Å². The van der Waals surface area contributed by atoms with E-state index in [9.17, 15) is 0 Å². The number of thiocarbonyl (C=S) groups is 1. The summed E-state index contributed by atoms with van der Waals surface area (Å²) >= 11 is 4.78. The molecule has 0 radical (unpaired) electrons. The van der Waals surface area contributed by atoms with Crippen molar-refractivity contribution in [1.82, 2.24) is 5.43 Å². The maximum absolute atomic E-state index is 5.41. The number of nitrogens with zero attached hydrogens (tertiary/aromatic N) is 1. The predicted molar refractivity (Wildman–Crippen MR) is 75.1 cm³/mol. The van der Waals surface area contributed by atoms with Gasteiger partial charge in [0.05, 0.1) is 5.71 Å². The van der Waals surface area contributed by atoms with E-state index in [1.54, 1.807) is 0 Å². The van der Waals surface area contributed by atoms with Crippen molar-refractivity contribution in [3.8, 4) is 0 Å². The van der Waals surface area contributed by atoms with E-state index in [1.807, 2.05) is 0 Å². The molecule has 2 rings (SSSR count). The second-order valence-corrected chi connectivity index (χ2v) is 4.99. The topological polar surface area (TPSA) is 50.4 Å². The Kier molecular flexibility index (Phi) is 3.43. The van der Waals surface area contributed by atoms with Crippen molar-refractivity contribution in [2.75, 3.05) is 0 Å². The Balaban J connectivity index is 2.29. The maximum Gasteiger partial charge on any atom is 0.184 e. The van der Waals surface area contributed by atoms with Crippen LogP contribution < -0.4 is 11.2 Å². The number of rotatable bonds is 3. The molecule has 0 aromatic heterocycles. The molecule has 17 heavy (non-hydrogen) atoms. The van der Waals surface area contributed by atoms with Crippen LogP contribution in [0, 0.1) is 19.8 Å². The number of nitrogens with one attached hydrogen (secondary N) is 1. The van der Waals surface area contributed by atoms with E-state index >= 15 is 0 Å². The third kappa shape index (κ3) is 3.03. The molecule has 0 atom stereocenters. The first kappa shape index (κ1) is 12.0. The standard InChI is InChI=1S/C13H17N3S/c1-8-3-4-11(7-9(8)2)12(10-5-6-10)15-16-13(14)17/h3-4,7,10H,5-6H2,1-2H3,(H3,14,16,17). The Labute approximate surface area is 107 Å². The maximum atomic E-state index is 5.41. The zero-order valence-electron chi connectivity index (χ0n) is 10.2. The van der Waals surface area contributed by atoms with Gasteiger partial charge in [0, 0.05) is 5.92 Å². The highest BCUT2D eigenvalue weighted by molar-refractivity contribution is 7.80. The molecule has 1 aliphatic carbocycles. The SMILES string of the molecule is Cc1ccc(C(=NNC(N)=S)C2CC2)cc1C. The monoisotopic (exact) mass is 247 g/mol. The second-order valence-electron chi connectivity index (χ2n) is 4.55. The first-order valence-electron chi connectivity index (χ1n) is 5.78. The lowest BCUT2D eigenvalue weighted by molar-refractivity contribution is 0.998. The minimum absolute atomic E-state index is 0.215. The Bertz CT molecular complexity index is 476. The molecule has 0 heterocycles. The molecule has 0 spiro atoms. The van der Waals surface area contributed by atoms with Gasteiger partial charge in [-0.25, -0.2) is 0 Å². The highest BCUT2D eigenvalue weighted by atomic mass is 32.1. The Hall–Kier alpha value is -1.42. The van der Waals surface area contributed by atoms with Crippen molar-refractivity contribution in [3.05, 3.63) is 34.9 Å². The molecule has 0 unspecified atom stereocenters. The number of hydrogen-bond acceptors (Lipinski definition) is 2. The third-order valence-electron chi connectivity index (χ3n) is 3.05. The number of nitrogens with two attached hydrogens (primary N) is 1. The van der Waals surface area contributed by atoms with Gasteiger partial charge in [0.2, 0.25) is 0 Å². The number of hydrazone groups is 1. The molecule has 0 bridgehead atoms. The average Bonchev–Trinajstić information content (AvgIpc) is 3.07. The van der Waals surface area contributed by atoms with Crippen LogP contribution in [-0.4, -0.2) is 10.8 Å². The molecule has 3 N–H and O–H groups in total. The van der Waals surface area contributed by atoms with Crippen LogP contribution in [0.1, 0.15) is 29.5 Å². The third-order valence-corrected chi connectivity index (χ3v) is 3.14. The largest absolute Gasteiger partial charge is 0.375 e. The van der Waals surface area contributed by atoms with Crippen LogP contribution in [0.15, 0.2) is 23.3 Å². The quantitative estimate of drug-likeness (QED) is 0.489. The molecule has 1 aliphatic rings. The van der Waals surface area contributed by atoms with Crippen LogP contribution >= 0.6 is 12.2 Å². The van der Waals surface area contributed by atoms with Gasteiger partial charge in [0.15, 0.2) is 5.11 Å². The van der Waals surface area contributed by atoms with E-state index in [4.69, 9.17) is 18.0 Å². The van der Waals surface area contributed by atoms with Crippen LogP contribution in [0.4, 0.5) is 0 Å². The van der Waals surface area contributed by atoms with Crippen LogP contribution in [0.2, 0.25) is 0 Å². The van der Waals surface area contributed by atoms with E-state index in [2.05, 4.69) is 42.6 Å². The lowest BCUT2D eigenvalue weighted by atomic mass is 10.0. The van der Waals surface area contributed by atoms with Gasteiger partial charge < -0.3 is 5.73 Å². The molecule has 4 heteroatoms.